The number of benzene rings is 1. The van der Waals surface area contributed by atoms with Crippen LogP contribution in [0.4, 0.5) is 5.95 Å². The fourth-order valence-electron chi connectivity index (χ4n) is 3.31. The Balaban J connectivity index is 1.76. The molecule has 2 aromatic heterocycles. The third-order valence-corrected chi connectivity index (χ3v) is 4.76. The number of rotatable bonds is 3. The molecule has 1 unspecified atom stereocenters. The summed E-state index contributed by atoms with van der Waals surface area (Å²) in [5.74, 6) is 0.307. The van der Waals surface area contributed by atoms with Gasteiger partial charge in [0, 0.05) is 60.6 Å². The lowest BCUT2D eigenvalue weighted by atomic mass is 10.0. The van der Waals surface area contributed by atoms with Crippen LogP contribution in [0.15, 0.2) is 30.6 Å². The molecule has 0 spiro atoms. The van der Waals surface area contributed by atoms with Crippen LogP contribution >= 0.6 is 9.24 Å². The minimum atomic E-state index is 0.307. The Labute approximate surface area is 137 Å². The zero-order valence-electron chi connectivity index (χ0n) is 12.9. The summed E-state index contributed by atoms with van der Waals surface area (Å²) >= 11 is 0. The average molecular weight is 325 g/mol. The van der Waals surface area contributed by atoms with Gasteiger partial charge in [0.25, 0.3) is 0 Å². The Kier molecular flexibility index (Phi) is 3.76. The monoisotopic (exact) mass is 325 g/mol. The molecule has 3 N–H and O–H groups in total. The number of aromatic nitrogens is 3. The number of nitrogen functional groups attached to an aromatic ring is 1. The highest BCUT2D eigenvalue weighted by Crippen LogP contribution is 2.31. The lowest BCUT2D eigenvalue weighted by Gasteiger charge is -2.26. The van der Waals surface area contributed by atoms with E-state index in [1.165, 1.54) is 22.2 Å². The molecule has 118 valence electrons. The number of nitrogens with two attached hydrogens (primary N) is 1. The second kappa shape index (κ2) is 5.91. The van der Waals surface area contributed by atoms with E-state index in [1.54, 1.807) is 12.4 Å². The van der Waals surface area contributed by atoms with E-state index in [4.69, 9.17) is 5.73 Å². The summed E-state index contributed by atoms with van der Waals surface area (Å²) in [4.78, 5) is 14.3. The molecule has 1 atom stereocenters. The van der Waals surface area contributed by atoms with E-state index in [-0.39, 0.29) is 0 Å². The number of aromatic amines is 1. The summed E-state index contributed by atoms with van der Waals surface area (Å²) in [7, 11) is 2.82. The van der Waals surface area contributed by atoms with Crippen LogP contribution < -0.4 is 5.73 Å². The summed E-state index contributed by atoms with van der Waals surface area (Å²) in [6.45, 7) is 3.28. The van der Waals surface area contributed by atoms with Crippen molar-refractivity contribution in [3.05, 3.63) is 41.9 Å². The van der Waals surface area contributed by atoms with Crippen molar-refractivity contribution in [3.63, 3.8) is 0 Å². The van der Waals surface area contributed by atoms with Gasteiger partial charge in [-0.25, -0.2) is 9.97 Å². The van der Waals surface area contributed by atoms with E-state index < -0.39 is 0 Å². The molecule has 23 heavy (non-hydrogen) atoms. The van der Waals surface area contributed by atoms with Crippen molar-refractivity contribution >= 4 is 26.1 Å². The minimum Gasteiger partial charge on any atom is -0.368 e. The first-order valence-corrected chi connectivity index (χ1v) is 8.70. The van der Waals surface area contributed by atoms with Crippen LogP contribution in [0.5, 0.6) is 0 Å². The van der Waals surface area contributed by atoms with Crippen molar-refractivity contribution in [2.45, 2.75) is 13.0 Å². The first-order chi connectivity index (χ1) is 11.2. The minimum absolute atomic E-state index is 0.307. The quantitative estimate of drug-likeness (QED) is 0.726. The number of fused-ring (bicyclic) bond motifs is 3. The van der Waals surface area contributed by atoms with Gasteiger partial charge in [0.15, 0.2) is 0 Å². The molecule has 3 aromatic rings. The predicted octanol–water partition coefficient (Wildman–Crippen LogP) is 2.44. The fraction of sp³-hybridized carbons (Fsp3) is 0.294. The van der Waals surface area contributed by atoms with Gasteiger partial charge in [-0.2, -0.15) is 0 Å². The molecule has 3 heterocycles. The maximum atomic E-state index is 5.58. The normalized spacial score (nSPS) is 15.0. The second-order valence-electron chi connectivity index (χ2n) is 5.99. The third-order valence-electron chi connectivity index (χ3n) is 4.50. The van der Waals surface area contributed by atoms with E-state index in [1.807, 2.05) is 0 Å². The first kappa shape index (κ1) is 14.6. The summed E-state index contributed by atoms with van der Waals surface area (Å²) < 4.78 is 0. The SMILES string of the molecule is Nc1ncc(-c2ccc3[nH]c4c(c3c2)CN(CCP)CC4)cn1. The zero-order valence-corrected chi connectivity index (χ0v) is 14.1. The highest BCUT2D eigenvalue weighted by atomic mass is 31.0. The summed E-state index contributed by atoms with van der Waals surface area (Å²) in [6.07, 6.45) is 5.77. The van der Waals surface area contributed by atoms with Crippen molar-refractivity contribution in [1.82, 2.24) is 19.9 Å². The number of nitrogens with zero attached hydrogens (tertiary/aromatic N) is 3. The number of hydrogen-bond donors (Lipinski definition) is 2. The van der Waals surface area contributed by atoms with Crippen molar-refractivity contribution in [2.24, 2.45) is 0 Å². The van der Waals surface area contributed by atoms with Crippen molar-refractivity contribution in [3.8, 4) is 11.1 Å². The van der Waals surface area contributed by atoms with Crippen LogP contribution in [0.1, 0.15) is 11.3 Å². The largest absolute Gasteiger partial charge is 0.368 e. The number of nitrogens with one attached hydrogen (secondary N) is 1. The van der Waals surface area contributed by atoms with E-state index >= 15 is 0 Å². The van der Waals surface area contributed by atoms with Gasteiger partial charge in [-0.1, -0.05) is 6.07 Å². The van der Waals surface area contributed by atoms with Crippen molar-refractivity contribution < 1.29 is 0 Å². The lowest BCUT2D eigenvalue weighted by molar-refractivity contribution is 0.270. The summed E-state index contributed by atoms with van der Waals surface area (Å²) in [5, 5.41) is 1.31. The van der Waals surface area contributed by atoms with Gasteiger partial charge in [-0.15, -0.1) is 9.24 Å². The second-order valence-corrected chi connectivity index (χ2v) is 6.56. The molecule has 1 aromatic carbocycles. The molecule has 0 amide bonds. The molecule has 0 radical (unpaired) electrons. The van der Waals surface area contributed by atoms with Crippen molar-refractivity contribution in [2.75, 3.05) is 25.0 Å². The maximum Gasteiger partial charge on any atom is 0.219 e. The average Bonchev–Trinajstić information content (AvgIpc) is 2.93. The van der Waals surface area contributed by atoms with Crippen LogP contribution in [0.3, 0.4) is 0 Å². The smallest absolute Gasteiger partial charge is 0.219 e. The van der Waals surface area contributed by atoms with E-state index in [2.05, 4.69) is 47.3 Å². The highest BCUT2D eigenvalue weighted by molar-refractivity contribution is 7.16. The van der Waals surface area contributed by atoms with Crippen LogP contribution in [-0.4, -0.2) is 39.1 Å². The van der Waals surface area contributed by atoms with Gasteiger partial charge < -0.3 is 10.7 Å². The van der Waals surface area contributed by atoms with E-state index in [0.717, 1.165) is 43.3 Å². The maximum absolute atomic E-state index is 5.58. The summed E-state index contributed by atoms with van der Waals surface area (Å²) in [5.41, 5.74) is 11.7. The number of hydrogen-bond acceptors (Lipinski definition) is 4. The van der Waals surface area contributed by atoms with E-state index in [9.17, 15) is 0 Å². The van der Waals surface area contributed by atoms with E-state index in [0.29, 0.717) is 5.95 Å². The number of anilines is 1. The van der Waals surface area contributed by atoms with Crippen LogP contribution in [0.25, 0.3) is 22.0 Å². The van der Waals surface area contributed by atoms with Gasteiger partial charge in [-0.05, 0) is 29.4 Å². The molecule has 4 rings (SSSR count). The molecule has 0 bridgehead atoms. The van der Waals surface area contributed by atoms with Gasteiger partial charge in [0.05, 0.1) is 0 Å². The molecule has 0 saturated heterocycles. The van der Waals surface area contributed by atoms with Gasteiger partial charge in [0.2, 0.25) is 5.95 Å². The fourth-order valence-corrected chi connectivity index (χ4v) is 3.68. The summed E-state index contributed by atoms with van der Waals surface area (Å²) in [6, 6.07) is 6.50. The molecular weight excluding hydrogens is 305 g/mol. The molecular formula is C17H20N5P. The highest BCUT2D eigenvalue weighted by Gasteiger charge is 2.20. The molecule has 6 heteroatoms. The molecule has 0 aliphatic carbocycles. The molecule has 0 saturated carbocycles. The van der Waals surface area contributed by atoms with Crippen LogP contribution in [-0.2, 0) is 13.0 Å². The zero-order chi connectivity index (χ0) is 15.8. The number of H-pyrrole nitrogens is 1. The molecule has 1 aliphatic heterocycles. The standard InChI is InChI=1S/C17H20N5P/c18-17-19-8-12(9-20-17)11-1-2-15-13(7-11)14-10-22(5-6-23)4-3-16(14)21-15/h1-2,7-9,21H,3-6,10,23H2,(H2,18,19,20). The third kappa shape index (κ3) is 2.71. The van der Waals surface area contributed by atoms with Gasteiger partial charge in [-0.3, -0.25) is 4.90 Å². The van der Waals surface area contributed by atoms with Gasteiger partial charge in [0.1, 0.15) is 0 Å². The first-order valence-electron chi connectivity index (χ1n) is 7.88. The van der Waals surface area contributed by atoms with Crippen LogP contribution in [0, 0.1) is 0 Å². The topological polar surface area (TPSA) is 70.8 Å². The Morgan fingerprint density at radius 3 is 2.83 bits per heavy atom. The molecule has 5 nitrogen and oxygen atoms in total. The lowest BCUT2D eigenvalue weighted by Crippen LogP contribution is -2.31. The Bertz CT molecular complexity index is 840. The van der Waals surface area contributed by atoms with Crippen LogP contribution in [0.2, 0.25) is 0 Å². The van der Waals surface area contributed by atoms with Crippen molar-refractivity contribution in [1.29, 1.82) is 0 Å². The molecule has 0 fully saturated rings. The Hall–Kier alpha value is -1.97. The Morgan fingerprint density at radius 2 is 2.04 bits per heavy atom. The predicted molar refractivity (Wildman–Crippen MR) is 97.3 cm³/mol. The van der Waals surface area contributed by atoms with Gasteiger partial charge >= 0.3 is 0 Å². The molecule has 1 aliphatic rings. The Morgan fingerprint density at radius 1 is 1.22 bits per heavy atom.